The Labute approximate surface area is 147 Å². The van der Waals surface area contributed by atoms with E-state index in [1.807, 2.05) is 6.92 Å². The Bertz CT molecular complexity index is 879. The summed E-state index contributed by atoms with van der Waals surface area (Å²) in [6, 6.07) is 8.91. The molecule has 1 aliphatic rings. The minimum atomic E-state index is 0.462. The van der Waals surface area contributed by atoms with Crippen LogP contribution in [0.1, 0.15) is 50.0 Å². The topological polar surface area (TPSA) is 63.8 Å². The summed E-state index contributed by atoms with van der Waals surface area (Å²) in [6.45, 7) is 3.91. The lowest BCUT2D eigenvalue weighted by Crippen LogP contribution is -2.19. The van der Waals surface area contributed by atoms with E-state index in [1.54, 1.807) is 0 Å². The standard InChI is InChI=1S/C20H24N4O/c1-13-9-10-15-12-17(20-21-14(2)25-24-20)19(23-18(15)11-13)22-16-7-5-3-4-6-8-16/h9-12,16H,3-8H2,1-2H3,(H,22,23). The van der Waals surface area contributed by atoms with E-state index in [0.29, 0.717) is 17.8 Å². The first kappa shape index (κ1) is 16.1. The SMILES string of the molecule is Cc1ccc2cc(-c3noc(C)n3)c(NC3CCCCCC3)nc2c1. The number of rotatable bonds is 3. The van der Waals surface area contributed by atoms with Gasteiger partial charge in [0.15, 0.2) is 0 Å². The fraction of sp³-hybridized carbons (Fsp3) is 0.450. The molecule has 0 aliphatic heterocycles. The summed E-state index contributed by atoms with van der Waals surface area (Å²) in [5.41, 5.74) is 3.13. The smallest absolute Gasteiger partial charge is 0.223 e. The second-order valence-corrected chi connectivity index (χ2v) is 7.05. The van der Waals surface area contributed by atoms with E-state index in [-0.39, 0.29) is 0 Å². The zero-order valence-electron chi connectivity index (χ0n) is 14.9. The van der Waals surface area contributed by atoms with Gasteiger partial charge in [-0.25, -0.2) is 4.98 Å². The van der Waals surface area contributed by atoms with Crippen LogP contribution in [0.25, 0.3) is 22.3 Å². The number of hydrogen-bond acceptors (Lipinski definition) is 5. The Morgan fingerprint density at radius 1 is 1.00 bits per heavy atom. The van der Waals surface area contributed by atoms with Crippen LogP contribution in [0.2, 0.25) is 0 Å². The quantitative estimate of drug-likeness (QED) is 0.679. The molecule has 1 saturated carbocycles. The van der Waals surface area contributed by atoms with E-state index in [0.717, 1.165) is 22.3 Å². The number of nitrogens with one attached hydrogen (secondary N) is 1. The molecule has 0 saturated heterocycles. The number of fused-ring (bicyclic) bond motifs is 1. The van der Waals surface area contributed by atoms with Gasteiger partial charge in [0.25, 0.3) is 0 Å². The van der Waals surface area contributed by atoms with Crippen LogP contribution in [-0.4, -0.2) is 21.2 Å². The molecule has 5 heteroatoms. The van der Waals surface area contributed by atoms with Crippen molar-refractivity contribution in [2.75, 3.05) is 5.32 Å². The molecule has 0 bridgehead atoms. The van der Waals surface area contributed by atoms with E-state index in [4.69, 9.17) is 9.51 Å². The van der Waals surface area contributed by atoms with Crippen molar-refractivity contribution in [3.8, 4) is 11.4 Å². The van der Waals surface area contributed by atoms with Crippen LogP contribution in [0.4, 0.5) is 5.82 Å². The zero-order valence-corrected chi connectivity index (χ0v) is 14.9. The molecule has 0 amide bonds. The minimum Gasteiger partial charge on any atom is -0.367 e. The molecule has 1 fully saturated rings. The van der Waals surface area contributed by atoms with Crippen LogP contribution in [0.15, 0.2) is 28.8 Å². The van der Waals surface area contributed by atoms with Gasteiger partial charge in [-0.15, -0.1) is 0 Å². The zero-order chi connectivity index (χ0) is 17.2. The summed E-state index contributed by atoms with van der Waals surface area (Å²) < 4.78 is 5.20. The summed E-state index contributed by atoms with van der Waals surface area (Å²) in [4.78, 5) is 9.33. The van der Waals surface area contributed by atoms with Crippen LogP contribution in [-0.2, 0) is 0 Å². The number of aryl methyl sites for hydroxylation is 2. The molecule has 1 aliphatic carbocycles. The van der Waals surface area contributed by atoms with Crippen molar-refractivity contribution >= 4 is 16.7 Å². The maximum atomic E-state index is 5.20. The molecule has 1 N–H and O–H groups in total. The predicted molar refractivity (Wildman–Crippen MR) is 99.6 cm³/mol. The van der Waals surface area contributed by atoms with Crippen LogP contribution in [0.3, 0.4) is 0 Å². The van der Waals surface area contributed by atoms with Crippen LogP contribution >= 0.6 is 0 Å². The highest BCUT2D eigenvalue weighted by Gasteiger charge is 2.18. The van der Waals surface area contributed by atoms with Crippen molar-refractivity contribution < 1.29 is 4.52 Å². The van der Waals surface area contributed by atoms with Crippen molar-refractivity contribution in [1.82, 2.24) is 15.1 Å². The van der Waals surface area contributed by atoms with Gasteiger partial charge in [0.05, 0.1) is 11.1 Å². The number of benzene rings is 1. The number of pyridine rings is 1. The number of anilines is 1. The normalized spacial score (nSPS) is 16.1. The highest BCUT2D eigenvalue weighted by Crippen LogP contribution is 2.31. The predicted octanol–water partition coefficient (Wildman–Crippen LogP) is 5.04. The largest absolute Gasteiger partial charge is 0.367 e. The van der Waals surface area contributed by atoms with E-state index < -0.39 is 0 Å². The number of aromatic nitrogens is 3. The Morgan fingerprint density at radius 2 is 1.80 bits per heavy atom. The van der Waals surface area contributed by atoms with E-state index in [1.165, 1.54) is 44.1 Å². The number of hydrogen-bond donors (Lipinski definition) is 1. The molecular weight excluding hydrogens is 312 g/mol. The Morgan fingerprint density at radius 3 is 2.52 bits per heavy atom. The van der Waals surface area contributed by atoms with E-state index in [9.17, 15) is 0 Å². The Kier molecular flexibility index (Phi) is 4.38. The third kappa shape index (κ3) is 3.50. The molecule has 5 nitrogen and oxygen atoms in total. The first-order valence-electron chi connectivity index (χ1n) is 9.18. The van der Waals surface area contributed by atoms with Gasteiger partial charge < -0.3 is 9.84 Å². The van der Waals surface area contributed by atoms with E-state index >= 15 is 0 Å². The molecule has 130 valence electrons. The van der Waals surface area contributed by atoms with Crippen molar-refractivity contribution in [2.24, 2.45) is 0 Å². The van der Waals surface area contributed by atoms with Crippen LogP contribution < -0.4 is 5.32 Å². The minimum absolute atomic E-state index is 0.462. The summed E-state index contributed by atoms with van der Waals surface area (Å²) in [5, 5.41) is 8.88. The molecule has 0 spiro atoms. The summed E-state index contributed by atoms with van der Waals surface area (Å²) in [6.07, 6.45) is 7.61. The lowest BCUT2D eigenvalue weighted by molar-refractivity contribution is 0.394. The van der Waals surface area contributed by atoms with Crippen molar-refractivity contribution in [3.63, 3.8) is 0 Å². The molecule has 0 unspecified atom stereocenters. The lowest BCUT2D eigenvalue weighted by atomic mass is 10.1. The van der Waals surface area contributed by atoms with Crippen molar-refractivity contribution in [1.29, 1.82) is 0 Å². The molecular formula is C20H24N4O. The Hall–Kier alpha value is -2.43. The van der Waals surface area contributed by atoms with Gasteiger partial charge >= 0.3 is 0 Å². The highest BCUT2D eigenvalue weighted by atomic mass is 16.5. The average molecular weight is 336 g/mol. The lowest BCUT2D eigenvalue weighted by Gasteiger charge is -2.19. The van der Waals surface area contributed by atoms with Gasteiger partial charge in [-0.2, -0.15) is 4.98 Å². The molecule has 0 radical (unpaired) electrons. The number of nitrogens with zero attached hydrogens (tertiary/aromatic N) is 3. The molecule has 2 aromatic heterocycles. The van der Waals surface area contributed by atoms with Gasteiger partial charge in [0, 0.05) is 18.4 Å². The van der Waals surface area contributed by atoms with Crippen molar-refractivity contribution in [3.05, 3.63) is 35.7 Å². The van der Waals surface area contributed by atoms with Crippen LogP contribution in [0.5, 0.6) is 0 Å². The molecule has 25 heavy (non-hydrogen) atoms. The molecule has 0 atom stereocenters. The fourth-order valence-corrected chi connectivity index (χ4v) is 3.58. The molecule has 3 aromatic rings. The highest BCUT2D eigenvalue weighted by molar-refractivity contribution is 5.88. The second kappa shape index (κ2) is 6.82. The first-order chi connectivity index (χ1) is 12.2. The third-order valence-corrected chi connectivity index (χ3v) is 4.94. The molecule has 4 rings (SSSR count). The van der Waals surface area contributed by atoms with Gasteiger partial charge in [-0.05, 0) is 37.5 Å². The monoisotopic (exact) mass is 336 g/mol. The summed E-state index contributed by atoms with van der Waals surface area (Å²) in [5.74, 6) is 2.04. The second-order valence-electron chi connectivity index (χ2n) is 7.05. The first-order valence-corrected chi connectivity index (χ1v) is 9.18. The maximum Gasteiger partial charge on any atom is 0.223 e. The van der Waals surface area contributed by atoms with Gasteiger partial charge in [-0.3, -0.25) is 0 Å². The molecule has 1 aromatic carbocycles. The van der Waals surface area contributed by atoms with Gasteiger partial charge in [-0.1, -0.05) is 43.0 Å². The van der Waals surface area contributed by atoms with Crippen LogP contribution in [0, 0.1) is 13.8 Å². The summed E-state index contributed by atoms with van der Waals surface area (Å²) in [7, 11) is 0. The Balaban J connectivity index is 1.78. The maximum absolute atomic E-state index is 5.20. The average Bonchev–Trinajstić information content (AvgIpc) is 2.87. The molecule has 2 heterocycles. The van der Waals surface area contributed by atoms with E-state index in [2.05, 4.69) is 46.6 Å². The van der Waals surface area contributed by atoms with Gasteiger partial charge in [0.1, 0.15) is 5.82 Å². The fourth-order valence-electron chi connectivity index (χ4n) is 3.58. The van der Waals surface area contributed by atoms with Gasteiger partial charge in [0.2, 0.25) is 11.7 Å². The summed E-state index contributed by atoms with van der Waals surface area (Å²) >= 11 is 0. The van der Waals surface area contributed by atoms with Crippen molar-refractivity contribution in [2.45, 2.75) is 58.4 Å². The third-order valence-electron chi connectivity index (χ3n) is 4.94.